The number of aliphatic imine (C=N–C) groups is 1. The minimum absolute atomic E-state index is 0.0230. The first-order chi connectivity index (χ1) is 21.5. The summed E-state index contributed by atoms with van der Waals surface area (Å²) in [4.78, 5) is 37.4. The molecule has 0 unspecified atom stereocenters. The van der Waals surface area contributed by atoms with Crippen molar-refractivity contribution in [2.24, 2.45) is 4.99 Å². The average molecular weight is 587 g/mol. The molecule has 2 heterocycles. The van der Waals surface area contributed by atoms with Crippen molar-refractivity contribution in [2.45, 2.75) is 13.5 Å². The van der Waals surface area contributed by atoms with E-state index in [1.54, 1.807) is 19.1 Å². The number of nitrogens with one attached hydrogen (secondary N) is 1. The molecule has 1 aliphatic heterocycles. The fourth-order valence-electron chi connectivity index (χ4n) is 5.56. The third-order valence-corrected chi connectivity index (χ3v) is 7.84. The number of rotatable bonds is 8. The highest BCUT2D eigenvalue weighted by molar-refractivity contribution is 6.22. The van der Waals surface area contributed by atoms with E-state index in [-0.39, 0.29) is 18.4 Å². The highest BCUT2D eigenvalue weighted by atomic mass is 16.5. The summed E-state index contributed by atoms with van der Waals surface area (Å²) >= 11 is 0. The number of hydrogen-bond donors (Lipinski definition) is 2. The van der Waals surface area contributed by atoms with Crippen molar-refractivity contribution in [1.82, 2.24) is 14.8 Å². The van der Waals surface area contributed by atoms with Crippen molar-refractivity contribution in [3.63, 3.8) is 0 Å². The Labute approximate surface area is 256 Å². The first-order valence-electron chi connectivity index (χ1n) is 14.8. The van der Waals surface area contributed by atoms with Gasteiger partial charge in [-0.05, 0) is 48.9 Å². The molecule has 1 aromatic heterocycles. The van der Waals surface area contributed by atoms with E-state index in [4.69, 9.17) is 9.73 Å². The number of benzene rings is 4. The minimum Gasteiger partial charge on any atom is -0.494 e. The maximum Gasteiger partial charge on any atom is 0.338 e. The molecule has 1 saturated heterocycles. The Morgan fingerprint density at radius 2 is 1.48 bits per heavy atom. The van der Waals surface area contributed by atoms with Crippen LogP contribution in [0.5, 0.6) is 5.88 Å². The predicted octanol–water partition coefficient (Wildman–Crippen LogP) is 6.18. The quantitative estimate of drug-likeness (QED) is 0.167. The number of ether oxygens (including phenoxy) is 1. The third-order valence-electron chi connectivity index (χ3n) is 7.84. The van der Waals surface area contributed by atoms with Crippen molar-refractivity contribution in [3.8, 4) is 5.88 Å². The number of aromatic amines is 1. The molecule has 1 aliphatic rings. The van der Waals surface area contributed by atoms with Gasteiger partial charge in [0.25, 0.3) is 5.91 Å². The Bertz CT molecular complexity index is 1790. The maximum absolute atomic E-state index is 12.8. The van der Waals surface area contributed by atoms with Crippen molar-refractivity contribution in [1.29, 1.82) is 0 Å². The van der Waals surface area contributed by atoms with Crippen LogP contribution in [0.4, 0.5) is 5.69 Å². The molecule has 5 aromatic rings. The van der Waals surface area contributed by atoms with Crippen molar-refractivity contribution >= 4 is 34.2 Å². The molecule has 6 rings (SSSR count). The smallest absolute Gasteiger partial charge is 0.338 e. The lowest BCUT2D eigenvalue weighted by molar-refractivity contribution is 0.0526. The molecule has 0 saturated carbocycles. The van der Waals surface area contributed by atoms with Crippen LogP contribution in [-0.2, 0) is 11.3 Å². The van der Waals surface area contributed by atoms with Gasteiger partial charge in [0.05, 0.1) is 29.1 Å². The summed E-state index contributed by atoms with van der Waals surface area (Å²) in [6, 6.07) is 32.5. The Balaban J connectivity index is 1.21. The highest BCUT2D eigenvalue weighted by Gasteiger charge is 2.23. The SMILES string of the molecule is CCOC(=O)c1ccc2c(C(=Nc3ccc(CN4CCN(C(=O)c5ccccc5)CC4)cc3)c3ccccc3)c(O)[nH]c2c1. The molecule has 0 spiro atoms. The van der Waals surface area contributed by atoms with Gasteiger partial charge in [-0.3, -0.25) is 9.69 Å². The van der Waals surface area contributed by atoms with E-state index in [0.29, 0.717) is 35.4 Å². The lowest BCUT2D eigenvalue weighted by Crippen LogP contribution is -2.48. The predicted molar refractivity (Wildman–Crippen MR) is 172 cm³/mol. The van der Waals surface area contributed by atoms with Crippen LogP contribution in [0.1, 0.15) is 44.3 Å². The summed E-state index contributed by atoms with van der Waals surface area (Å²) in [5, 5.41) is 11.8. The van der Waals surface area contributed by atoms with Crippen molar-refractivity contribution in [2.75, 3.05) is 32.8 Å². The van der Waals surface area contributed by atoms with Crippen LogP contribution < -0.4 is 0 Å². The molecule has 0 atom stereocenters. The molecular weight excluding hydrogens is 552 g/mol. The van der Waals surface area contributed by atoms with Crippen LogP contribution in [0.25, 0.3) is 10.9 Å². The van der Waals surface area contributed by atoms with E-state index in [1.165, 1.54) is 0 Å². The van der Waals surface area contributed by atoms with Gasteiger partial charge < -0.3 is 19.7 Å². The molecule has 8 heteroatoms. The number of hydrogen-bond acceptors (Lipinski definition) is 6. The summed E-state index contributed by atoms with van der Waals surface area (Å²) < 4.78 is 5.14. The second-order valence-corrected chi connectivity index (χ2v) is 10.8. The summed E-state index contributed by atoms with van der Waals surface area (Å²) in [7, 11) is 0. The fourth-order valence-corrected chi connectivity index (χ4v) is 5.56. The minimum atomic E-state index is -0.412. The molecule has 0 bridgehead atoms. The number of fused-ring (bicyclic) bond motifs is 1. The van der Waals surface area contributed by atoms with Gasteiger partial charge in [0.15, 0.2) is 5.88 Å². The summed E-state index contributed by atoms with van der Waals surface area (Å²) in [6.45, 7) is 5.87. The van der Waals surface area contributed by atoms with Gasteiger partial charge in [-0.2, -0.15) is 0 Å². The Hall–Kier alpha value is -5.21. The Morgan fingerprint density at radius 3 is 2.14 bits per heavy atom. The van der Waals surface area contributed by atoms with Gasteiger partial charge in [-0.15, -0.1) is 0 Å². The number of esters is 1. The van der Waals surface area contributed by atoms with Crippen molar-refractivity contribution in [3.05, 3.63) is 131 Å². The van der Waals surface area contributed by atoms with Gasteiger partial charge in [0.2, 0.25) is 0 Å². The monoisotopic (exact) mass is 586 g/mol. The number of H-pyrrole nitrogens is 1. The maximum atomic E-state index is 12.8. The topological polar surface area (TPSA) is 98.2 Å². The number of aromatic nitrogens is 1. The number of nitrogens with zero attached hydrogens (tertiary/aromatic N) is 3. The van der Waals surface area contributed by atoms with E-state index in [1.807, 2.05) is 83.8 Å². The Morgan fingerprint density at radius 1 is 0.818 bits per heavy atom. The molecule has 4 aromatic carbocycles. The highest BCUT2D eigenvalue weighted by Crippen LogP contribution is 2.32. The molecule has 1 fully saturated rings. The lowest BCUT2D eigenvalue weighted by Gasteiger charge is -2.34. The number of amides is 1. The second-order valence-electron chi connectivity index (χ2n) is 10.8. The van der Waals surface area contributed by atoms with Gasteiger partial charge in [0, 0.05) is 54.8 Å². The van der Waals surface area contributed by atoms with Crippen LogP contribution in [0.15, 0.2) is 108 Å². The van der Waals surface area contributed by atoms with Gasteiger partial charge in [-0.25, -0.2) is 9.79 Å². The lowest BCUT2D eigenvalue weighted by atomic mass is 10.00. The van der Waals surface area contributed by atoms with E-state index < -0.39 is 5.97 Å². The van der Waals surface area contributed by atoms with E-state index in [0.717, 1.165) is 47.4 Å². The molecular formula is C36H34N4O4. The number of carbonyl (C=O) groups excluding carboxylic acids is 2. The summed E-state index contributed by atoms with van der Waals surface area (Å²) in [5.41, 5.74) is 5.70. The average Bonchev–Trinajstić information content (AvgIpc) is 3.40. The summed E-state index contributed by atoms with van der Waals surface area (Å²) in [5.74, 6) is -0.350. The molecule has 0 radical (unpaired) electrons. The molecule has 8 nitrogen and oxygen atoms in total. The third kappa shape index (κ3) is 6.26. The molecule has 1 amide bonds. The zero-order valence-corrected chi connectivity index (χ0v) is 24.6. The van der Waals surface area contributed by atoms with Crippen LogP contribution in [-0.4, -0.2) is 70.3 Å². The molecule has 222 valence electrons. The molecule has 44 heavy (non-hydrogen) atoms. The van der Waals surface area contributed by atoms with Gasteiger partial charge in [-0.1, -0.05) is 66.7 Å². The number of piperazine rings is 1. The van der Waals surface area contributed by atoms with E-state index in [9.17, 15) is 14.7 Å². The van der Waals surface area contributed by atoms with Crippen LogP contribution in [0, 0.1) is 0 Å². The second kappa shape index (κ2) is 13.0. The fraction of sp³-hybridized carbons (Fsp3) is 0.194. The van der Waals surface area contributed by atoms with Crippen molar-refractivity contribution < 1.29 is 19.4 Å². The molecule has 0 aliphatic carbocycles. The zero-order chi connectivity index (χ0) is 30.5. The first kappa shape index (κ1) is 28.9. The summed E-state index contributed by atoms with van der Waals surface area (Å²) in [6.07, 6.45) is 0. The van der Waals surface area contributed by atoms with Crippen LogP contribution >= 0.6 is 0 Å². The normalized spacial score (nSPS) is 14.1. The molecule has 2 N–H and O–H groups in total. The standard InChI is InChI=1S/C36H34N4O4/c1-2-44-36(43)28-15-18-30-31(23-28)38-34(41)32(30)33(26-9-5-3-6-10-26)37-29-16-13-25(14-17-29)24-39-19-21-40(22-20-39)35(42)27-11-7-4-8-12-27/h3-18,23,38,41H,2,19-22,24H2,1H3. The number of carbonyl (C=O) groups is 2. The van der Waals surface area contributed by atoms with Gasteiger partial charge >= 0.3 is 5.97 Å². The van der Waals surface area contributed by atoms with E-state index >= 15 is 0 Å². The number of aromatic hydroxyl groups is 1. The van der Waals surface area contributed by atoms with Crippen LogP contribution in [0.2, 0.25) is 0 Å². The zero-order valence-electron chi connectivity index (χ0n) is 24.6. The first-order valence-corrected chi connectivity index (χ1v) is 14.8. The Kier molecular flexibility index (Phi) is 8.52. The van der Waals surface area contributed by atoms with E-state index in [2.05, 4.69) is 22.0 Å². The van der Waals surface area contributed by atoms with Gasteiger partial charge in [0.1, 0.15) is 0 Å². The largest absolute Gasteiger partial charge is 0.494 e. The van der Waals surface area contributed by atoms with Crippen LogP contribution in [0.3, 0.4) is 0 Å².